The van der Waals surface area contributed by atoms with Crippen LogP contribution in [0, 0.1) is 10.8 Å². The van der Waals surface area contributed by atoms with E-state index in [4.69, 9.17) is 4.74 Å². The van der Waals surface area contributed by atoms with Crippen molar-refractivity contribution in [3.05, 3.63) is 0 Å². The van der Waals surface area contributed by atoms with Crippen LogP contribution in [0.15, 0.2) is 0 Å². The average molecular weight is 197 g/mol. The third kappa shape index (κ3) is 1.54. The number of carbonyl (C=O) groups is 1. The molecule has 2 aliphatic rings. The number of carbonyl (C=O) groups excluding carboxylic acids is 1. The van der Waals surface area contributed by atoms with Crippen molar-refractivity contribution in [2.45, 2.75) is 27.2 Å². The second kappa shape index (κ2) is 2.96. The molecule has 1 amide bonds. The highest BCUT2D eigenvalue weighted by molar-refractivity contribution is 5.81. The summed E-state index contributed by atoms with van der Waals surface area (Å²) in [5, 5.41) is 0. The lowest BCUT2D eigenvalue weighted by Crippen LogP contribution is -2.46. The Labute approximate surface area is 85.4 Å². The average Bonchev–Trinajstić information content (AvgIpc) is 2.44. The zero-order chi connectivity index (χ0) is 10.4. The van der Waals surface area contributed by atoms with E-state index in [1.54, 1.807) is 0 Å². The van der Waals surface area contributed by atoms with E-state index < -0.39 is 0 Å². The van der Waals surface area contributed by atoms with Crippen LogP contribution in [0.1, 0.15) is 27.2 Å². The lowest BCUT2D eigenvalue weighted by atomic mass is 9.85. The van der Waals surface area contributed by atoms with E-state index in [9.17, 15) is 4.79 Å². The van der Waals surface area contributed by atoms with Crippen molar-refractivity contribution in [1.82, 2.24) is 4.90 Å². The Balaban J connectivity index is 1.98. The molecule has 2 heterocycles. The van der Waals surface area contributed by atoms with Crippen molar-refractivity contribution in [2.75, 3.05) is 26.3 Å². The van der Waals surface area contributed by atoms with Crippen LogP contribution in [0.4, 0.5) is 0 Å². The van der Waals surface area contributed by atoms with E-state index >= 15 is 0 Å². The molecule has 3 nitrogen and oxygen atoms in total. The fourth-order valence-electron chi connectivity index (χ4n) is 2.21. The monoisotopic (exact) mass is 197 g/mol. The lowest BCUT2D eigenvalue weighted by molar-refractivity contribution is -0.142. The first kappa shape index (κ1) is 9.97. The normalized spacial score (nSPS) is 25.2. The summed E-state index contributed by atoms with van der Waals surface area (Å²) < 4.78 is 5.24. The molecule has 2 fully saturated rings. The molecule has 0 unspecified atom stereocenters. The summed E-state index contributed by atoms with van der Waals surface area (Å²) in [5.41, 5.74) is 0.0804. The highest BCUT2D eigenvalue weighted by atomic mass is 16.5. The first-order valence-corrected chi connectivity index (χ1v) is 5.30. The second-order valence-corrected chi connectivity index (χ2v) is 5.72. The van der Waals surface area contributed by atoms with Crippen LogP contribution in [0.25, 0.3) is 0 Å². The minimum Gasteiger partial charge on any atom is -0.380 e. The molecular formula is C11H19NO2. The fourth-order valence-corrected chi connectivity index (χ4v) is 2.21. The summed E-state index contributed by atoms with van der Waals surface area (Å²) in [6.07, 6.45) is 1.12. The maximum Gasteiger partial charge on any atom is 0.227 e. The van der Waals surface area contributed by atoms with Crippen LogP contribution in [-0.2, 0) is 9.53 Å². The van der Waals surface area contributed by atoms with Gasteiger partial charge in [-0.3, -0.25) is 4.79 Å². The molecule has 0 aromatic heterocycles. The maximum atomic E-state index is 12.0. The van der Waals surface area contributed by atoms with Gasteiger partial charge in [0.05, 0.1) is 13.2 Å². The van der Waals surface area contributed by atoms with Crippen molar-refractivity contribution in [1.29, 1.82) is 0 Å². The summed E-state index contributed by atoms with van der Waals surface area (Å²) in [6.45, 7) is 9.47. The third-order valence-corrected chi connectivity index (χ3v) is 3.18. The Morgan fingerprint density at radius 2 is 2.00 bits per heavy atom. The highest BCUT2D eigenvalue weighted by Gasteiger charge is 2.46. The Kier molecular flexibility index (Phi) is 2.11. The van der Waals surface area contributed by atoms with Crippen LogP contribution in [0.5, 0.6) is 0 Å². The maximum absolute atomic E-state index is 12.0. The SMILES string of the molecule is CC(C)(C)C(=O)N1CCC2(COC2)C1. The van der Waals surface area contributed by atoms with Crippen molar-refractivity contribution >= 4 is 5.91 Å². The number of nitrogens with zero attached hydrogens (tertiary/aromatic N) is 1. The third-order valence-electron chi connectivity index (χ3n) is 3.18. The molecule has 0 atom stereocenters. The number of ether oxygens (including phenoxy) is 1. The molecule has 2 aliphatic heterocycles. The largest absolute Gasteiger partial charge is 0.380 e. The second-order valence-electron chi connectivity index (χ2n) is 5.72. The molecule has 1 spiro atoms. The first-order valence-electron chi connectivity index (χ1n) is 5.30. The molecule has 2 saturated heterocycles. The molecule has 0 aromatic carbocycles. The Morgan fingerprint density at radius 3 is 2.36 bits per heavy atom. The molecule has 0 bridgehead atoms. The van der Waals surface area contributed by atoms with Gasteiger partial charge in [-0.1, -0.05) is 20.8 Å². The van der Waals surface area contributed by atoms with Gasteiger partial charge in [-0.25, -0.2) is 0 Å². The quantitative estimate of drug-likeness (QED) is 0.585. The zero-order valence-corrected chi connectivity index (χ0v) is 9.30. The van der Waals surface area contributed by atoms with E-state index in [0.29, 0.717) is 5.41 Å². The van der Waals surface area contributed by atoms with Crippen LogP contribution in [0.2, 0.25) is 0 Å². The van der Waals surface area contributed by atoms with Crippen LogP contribution in [-0.4, -0.2) is 37.1 Å². The Hall–Kier alpha value is -0.570. The smallest absolute Gasteiger partial charge is 0.227 e. The van der Waals surface area contributed by atoms with E-state index in [0.717, 1.165) is 32.7 Å². The molecule has 0 aromatic rings. The van der Waals surface area contributed by atoms with Gasteiger partial charge in [0.1, 0.15) is 0 Å². The highest BCUT2D eigenvalue weighted by Crippen LogP contribution is 2.38. The molecule has 0 aliphatic carbocycles. The fraction of sp³-hybridized carbons (Fsp3) is 0.909. The standard InChI is InChI=1S/C11H19NO2/c1-10(2,3)9(13)12-5-4-11(6-12)7-14-8-11/h4-8H2,1-3H3. The van der Waals surface area contributed by atoms with Gasteiger partial charge in [0.15, 0.2) is 0 Å². The number of hydrogen-bond donors (Lipinski definition) is 0. The molecular weight excluding hydrogens is 178 g/mol. The van der Waals surface area contributed by atoms with E-state index in [2.05, 4.69) is 0 Å². The number of rotatable bonds is 0. The molecule has 3 heteroatoms. The summed E-state index contributed by atoms with van der Waals surface area (Å²) >= 11 is 0. The Bertz CT molecular complexity index is 251. The number of likely N-dealkylation sites (tertiary alicyclic amines) is 1. The predicted octanol–water partition coefficient (Wildman–Crippen LogP) is 1.28. The van der Waals surface area contributed by atoms with Gasteiger partial charge in [0, 0.05) is 23.9 Å². The van der Waals surface area contributed by atoms with Gasteiger partial charge in [-0.2, -0.15) is 0 Å². The van der Waals surface area contributed by atoms with Crippen LogP contribution >= 0.6 is 0 Å². The van der Waals surface area contributed by atoms with Crippen LogP contribution in [0.3, 0.4) is 0 Å². The summed E-state index contributed by atoms with van der Waals surface area (Å²) in [7, 11) is 0. The van der Waals surface area contributed by atoms with Crippen molar-refractivity contribution in [2.24, 2.45) is 10.8 Å². The summed E-state index contributed by atoms with van der Waals surface area (Å²) in [4.78, 5) is 14.0. The molecule has 14 heavy (non-hydrogen) atoms. The van der Waals surface area contributed by atoms with Gasteiger partial charge < -0.3 is 9.64 Å². The van der Waals surface area contributed by atoms with E-state index in [1.165, 1.54) is 0 Å². The van der Waals surface area contributed by atoms with Gasteiger partial charge >= 0.3 is 0 Å². The number of hydrogen-bond acceptors (Lipinski definition) is 2. The van der Waals surface area contributed by atoms with Crippen molar-refractivity contribution < 1.29 is 9.53 Å². The van der Waals surface area contributed by atoms with Gasteiger partial charge in [-0.15, -0.1) is 0 Å². The predicted molar refractivity (Wildman–Crippen MR) is 53.9 cm³/mol. The van der Waals surface area contributed by atoms with E-state index in [-0.39, 0.29) is 11.3 Å². The molecule has 0 N–H and O–H groups in total. The van der Waals surface area contributed by atoms with Crippen LogP contribution < -0.4 is 0 Å². The Morgan fingerprint density at radius 1 is 1.36 bits per heavy atom. The molecule has 80 valence electrons. The minimum atomic E-state index is -0.240. The minimum absolute atomic E-state index is 0.240. The zero-order valence-electron chi connectivity index (χ0n) is 9.30. The van der Waals surface area contributed by atoms with Gasteiger partial charge in [0.2, 0.25) is 5.91 Å². The van der Waals surface area contributed by atoms with Crippen molar-refractivity contribution in [3.63, 3.8) is 0 Å². The lowest BCUT2D eigenvalue weighted by Gasteiger charge is -2.38. The molecule has 0 radical (unpaired) electrons. The topological polar surface area (TPSA) is 29.5 Å². The summed E-state index contributed by atoms with van der Waals surface area (Å²) in [5.74, 6) is 0.279. The molecule has 0 saturated carbocycles. The first-order chi connectivity index (χ1) is 6.43. The van der Waals surface area contributed by atoms with Gasteiger partial charge in [-0.05, 0) is 6.42 Å². The van der Waals surface area contributed by atoms with E-state index in [1.807, 2.05) is 25.7 Å². The van der Waals surface area contributed by atoms with Gasteiger partial charge in [0.25, 0.3) is 0 Å². The molecule has 2 rings (SSSR count). The van der Waals surface area contributed by atoms with Crippen molar-refractivity contribution in [3.8, 4) is 0 Å². The number of amides is 1. The summed E-state index contributed by atoms with van der Waals surface area (Å²) in [6, 6.07) is 0.